The summed E-state index contributed by atoms with van der Waals surface area (Å²) in [5, 5.41) is 0. The van der Waals surface area contributed by atoms with Crippen molar-refractivity contribution in [1.29, 1.82) is 0 Å². The summed E-state index contributed by atoms with van der Waals surface area (Å²) in [5.41, 5.74) is 2.30. The van der Waals surface area contributed by atoms with E-state index in [0.717, 1.165) is 49.4 Å². The van der Waals surface area contributed by atoms with Crippen LogP contribution in [0.2, 0.25) is 0 Å². The second kappa shape index (κ2) is 8.10. The average Bonchev–Trinajstić information content (AvgIpc) is 3.09. The molecule has 0 aromatic heterocycles. The summed E-state index contributed by atoms with van der Waals surface area (Å²) >= 11 is 0. The largest absolute Gasteiger partial charge is 0.469 e. The second-order valence-corrected chi connectivity index (χ2v) is 11.6. The van der Waals surface area contributed by atoms with Crippen molar-refractivity contribution >= 4 is 11.8 Å². The number of rotatable bonds is 4. The second-order valence-electron chi connectivity index (χ2n) is 11.6. The van der Waals surface area contributed by atoms with Gasteiger partial charge in [-0.1, -0.05) is 32.4 Å². The van der Waals surface area contributed by atoms with E-state index in [-0.39, 0.29) is 5.97 Å². The molecule has 4 rings (SSSR count). The minimum atomic E-state index is -0.0684. The van der Waals surface area contributed by atoms with E-state index in [1.165, 1.54) is 39.2 Å². The molecule has 0 N–H and O–H groups in total. The predicted molar refractivity (Wildman–Crippen MR) is 120 cm³/mol. The Balaban J connectivity index is 1.56. The van der Waals surface area contributed by atoms with Crippen molar-refractivity contribution in [1.82, 2.24) is 0 Å². The Morgan fingerprint density at radius 1 is 1.13 bits per heavy atom. The number of allylic oxidation sites excluding steroid dienone is 2. The maximum Gasteiger partial charge on any atom is 0.305 e. The van der Waals surface area contributed by atoms with E-state index in [4.69, 9.17) is 4.74 Å². The van der Waals surface area contributed by atoms with Gasteiger partial charge in [0, 0.05) is 19.3 Å². The molecule has 30 heavy (non-hydrogen) atoms. The number of methoxy groups -OCH3 is 1. The van der Waals surface area contributed by atoms with Crippen LogP contribution in [0, 0.1) is 46.3 Å². The molecular formula is C27H42O3. The lowest BCUT2D eigenvalue weighted by Gasteiger charge is -2.61. The van der Waals surface area contributed by atoms with Crippen LogP contribution in [-0.2, 0) is 14.3 Å². The van der Waals surface area contributed by atoms with Gasteiger partial charge in [-0.15, -0.1) is 0 Å². The number of fused-ring (bicyclic) bond motifs is 5. The quantitative estimate of drug-likeness (QED) is 0.397. The van der Waals surface area contributed by atoms with Gasteiger partial charge in [-0.2, -0.15) is 0 Å². The lowest BCUT2D eigenvalue weighted by atomic mass is 9.43. The summed E-state index contributed by atoms with van der Waals surface area (Å²) in [7, 11) is 1.50. The van der Waals surface area contributed by atoms with Gasteiger partial charge in [-0.25, -0.2) is 0 Å². The molecular weight excluding hydrogens is 372 g/mol. The van der Waals surface area contributed by atoms with Gasteiger partial charge >= 0.3 is 5.97 Å². The first-order chi connectivity index (χ1) is 14.2. The van der Waals surface area contributed by atoms with Crippen molar-refractivity contribution in [2.75, 3.05) is 7.11 Å². The van der Waals surface area contributed by atoms with E-state index in [1.54, 1.807) is 5.57 Å². The molecule has 0 aromatic carbocycles. The third-order valence-electron chi connectivity index (χ3n) is 10.5. The van der Waals surface area contributed by atoms with Crippen LogP contribution >= 0.6 is 0 Å². The SMILES string of the molecule is CC=C1C[C@@H]2[C@H](CC[C@]3(C)[C@@H](C(C)CCC(=O)OC)CC[C@@H]23)[C@@]2(C)CCC(=O)C[C@@H]12. The Kier molecular flexibility index (Phi) is 5.96. The molecule has 4 aliphatic carbocycles. The molecule has 3 nitrogen and oxygen atoms in total. The Morgan fingerprint density at radius 3 is 2.57 bits per heavy atom. The molecule has 0 aromatic rings. The first-order valence-electron chi connectivity index (χ1n) is 12.5. The predicted octanol–water partition coefficient (Wildman–Crippen LogP) is 6.36. The summed E-state index contributed by atoms with van der Waals surface area (Å²) in [6.07, 6.45) is 13.1. The number of ketones is 1. The molecule has 168 valence electrons. The fourth-order valence-electron chi connectivity index (χ4n) is 8.89. The van der Waals surface area contributed by atoms with Gasteiger partial charge in [0.25, 0.3) is 0 Å². The number of esters is 1. The minimum Gasteiger partial charge on any atom is -0.469 e. The zero-order valence-electron chi connectivity index (χ0n) is 19.8. The lowest BCUT2D eigenvalue weighted by molar-refractivity contribution is -0.141. The van der Waals surface area contributed by atoms with Gasteiger partial charge in [0.05, 0.1) is 7.11 Å². The highest BCUT2D eigenvalue weighted by Crippen LogP contribution is 2.69. The van der Waals surface area contributed by atoms with E-state index in [1.807, 2.05) is 0 Å². The molecule has 1 unspecified atom stereocenters. The van der Waals surface area contributed by atoms with Gasteiger partial charge in [-0.05, 0) is 98.2 Å². The van der Waals surface area contributed by atoms with Crippen molar-refractivity contribution in [3.05, 3.63) is 11.6 Å². The number of hydrogen-bond donors (Lipinski definition) is 0. The highest BCUT2D eigenvalue weighted by atomic mass is 16.5. The van der Waals surface area contributed by atoms with Crippen LogP contribution in [-0.4, -0.2) is 18.9 Å². The monoisotopic (exact) mass is 414 g/mol. The Bertz CT molecular complexity index is 724. The molecule has 4 aliphatic rings. The van der Waals surface area contributed by atoms with Crippen molar-refractivity contribution in [3.8, 4) is 0 Å². The number of hydrogen-bond acceptors (Lipinski definition) is 3. The molecule has 8 atom stereocenters. The molecule has 0 radical (unpaired) electrons. The van der Waals surface area contributed by atoms with Crippen LogP contribution in [0.25, 0.3) is 0 Å². The first kappa shape index (κ1) is 22.1. The summed E-state index contributed by atoms with van der Waals surface area (Å²) in [6.45, 7) is 9.67. The Morgan fingerprint density at radius 2 is 1.87 bits per heavy atom. The number of ether oxygens (including phenoxy) is 1. The molecule has 4 saturated carbocycles. The zero-order valence-corrected chi connectivity index (χ0v) is 19.8. The lowest BCUT2D eigenvalue weighted by Crippen LogP contribution is -2.54. The van der Waals surface area contributed by atoms with Crippen LogP contribution < -0.4 is 0 Å². The maximum absolute atomic E-state index is 12.3. The topological polar surface area (TPSA) is 43.4 Å². The van der Waals surface area contributed by atoms with Crippen LogP contribution in [0.15, 0.2) is 11.6 Å². The number of Topliss-reactive ketones (excluding diaryl/α,β-unsaturated/α-hetero) is 1. The highest BCUT2D eigenvalue weighted by Gasteiger charge is 2.61. The van der Waals surface area contributed by atoms with E-state index in [0.29, 0.717) is 34.9 Å². The molecule has 0 spiro atoms. The first-order valence-corrected chi connectivity index (χ1v) is 12.5. The van der Waals surface area contributed by atoms with Crippen molar-refractivity contribution in [2.24, 2.45) is 46.3 Å². The van der Waals surface area contributed by atoms with Gasteiger partial charge in [0.1, 0.15) is 5.78 Å². The third kappa shape index (κ3) is 3.39. The van der Waals surface area contributed by atoms with E-state index < -0.39 is 0 Å². The molecule has 0 heterocycles. The van der Waals surface area contributed by atoms with Crippen molar-refractivity contribution in [2.45, 2.75) is 91.9 Å². The Hall–Kier alpha value is -1.12. The van der Waals surface area contributed by atoms with Gasteiger partial charge < -0.3 is 4.74 Å². The van der Waals surface area contributed by atoms with Crippen LogP contribution in [0.4, 0.5) is 0 Å². The standard InChI is InChI=1S/C27H42O3/c1-6-18-15-20-22-9-8-21(17(2)7-10-25(29)30-5)26(22,3)14-12-23(20)27(4)13-11-19(28)16-24(18)27/h6,17,20-24H,7-16H2,1-5H3/t17?,20-,21+,22-,23-,24-,26+,27+/m0/s1. The normalized spacial score (nSPS) is 45.4. The summed E-state index contributed by atoms with van der Waals surface area (Å²) < 4.78 is 4.89. The molecule has 0 amide bonds. The van der Waals surface area contributed by atoms with E-state index >= 15 is 0 Å². The minimum absolute atomic E-state index is 0.0684. The van der Waals surface area contributed by atoms with E-state index in [2.05, 4.69) is 33.8 Å². The number of carbonyl (C=O) groups is 2. The molecule has 0 saturated heterocycles. The van der Waals surface area contributed by atoms with Gasteiger partial charge in [0.15, 0.2) is 0 Å². The smallest absolute Gasteiger partial charge is 0.305 e. The molecule has 0 aliphatic heterocycles. The van der Waals surface area contributed by atoms with Crippen LogP contribution in [0.5, 0.6) is 0 Å². The van der Waals surface area contributed by atoms with Gasteiger partial charge in [0.2, 0.25) is 0 Å². The van der Waals surface area contributed by atoms with Crippen molar-refractivity contribution in [3.63, 3.8) is 0 Å². The fraction of sp³-hybridized carbons (Fsp3) is 0.852. The third-order valence-corrected chi connectivity index (χ3v) is 10.5. The molecule has 3 heteroatoms. The van der Waals surface area contributed by atoms with Gasteiger partial charge in [-0.3, -0.25) is 9.59 Å². The average molecular weight is 415 g/mol. The van der Waals surface area contributed by atoms with Crippen molar-refractivity contribution < 1.29 is 14.3 Å². The molecule has 0 bridgehead atoms. The molecule has 4 fully saturated rings. The Labute approximate surface area is 183 Å². The van der Waals surface area contributed by atoms with E-state index in [9.17, 15) is 9.59 Å². The van der Waals surface area contributed by atoms with Crippen LogP contribution in [0.1, 0.15) is 91.9 Å². The van der Waals surface area contributed by atoms with Crippen LogP contribution in [0.3, 0.4) is 0 Å². The maximum atomic E-state index is 12.3. The summed E-state index contributed by atoms with van der Waals surface area (Å²) in [6, 6.07) is 0. The summed E-state index contributed by atoms with van der Waals surface area (Å²) in [5.74, 6) is 4.57. The zero-order chi connectivity index (χ0) is 21.7. The fourth-order valence-corrected chi connectivity index (χ4v) is 8.89. The highest BCUT2D eigenvalue weighted by molar-refractivity contribution is 5.80. The number of carbonyl (C=O) groups excluding carboxylic acids is 2. The summed E-state index contributed by atoms with van der Waals surface area (Å²) in [4.78, 5) is 24.0.